The number of halogens is 1. The van der Waals surface area contributed by atoms with Crippen LogP contribution in [0, 0.1) is 36.4 Å². The standard InChI is InChI=1S/C19H19FN2O3/c1-10-2-7-13(8-14(10)20)21-15(23)9-22-18(24)16-11-3-4-12(6-5-11)17(16)19(22)25/h2-4,7-8,11-12,16-17H,5-6,9H2,1H3,(H,21,23)/t11-,12-,16+,17+/m0/s1. The van der Waals surface area contributed by atoms with Crippen LogP contribution in [0.4, 0.5) is 10.1 Å². The molecule has 130 valence electrons. The Bertz CT molecular complexity index is 772. The molecule has 1 aromatic rings. The van der Waals surface area contributed by atoms with Crippen molar-refractivity contribution in [3.63, 3.8) is 0 Å². The molecule has 2 bridgehead atoms. The van der Waals surface area contributed by atoms with Gasteiger partial charge in [0.25, 0.3) is 0 Å². The lowest BCUT2D eigenvalue weighted by atomic mass is 9.63. The molecule has 1 aromatic carbocycles. The second-order valence-electron chi connectivity index (χ2n) is 7.12. The Morgan fingerprint density at radius 1 is 1.16 bits per heavy atom. The van der Waals surface area contributed by atoms with E-state index in [1.807, 2.05) is 12.2 Å². The molecule has 5 nitrogen and oxygen atoms in total. The number of amides is 3. The lowest BCUT2D eigenvalue weighted by Crippen LogP contribution is -2.38. The van der Waals surface area contributed by atoms with E-state index in [1.165, 1.54) is 6.07 Å². The van der Waals surface area contributed by atoms with E-state index in [0.717, 1.165) is 17.7 Å². The molecule has 25 heavy (non-hydrogen) atoms. The molecular weight excluding hydrogens is 323 g/mol. The Hall–Kier alpha value is -2.50. The van der Waals surface area contributed by atoms with Crippen molar-refractivity contribution in [2.75, 3.05) is 11.9 Å². The summed E-state index contributed by atoms with van der Waals surface area (Å²) in [5.74, 6) is -1.85. The molecule has 4 aliphatic rings. The van der Waals surface area contributed by atoms with Crippen LogP contribution in [-0.2, 0) is 14.4 Å². The monoisotopic (exact) mass is 342 g/mol. The highest BCUT2D eigenvalue weighted by Crippen LogP contribution is 2.49. The Balaban J connectivity index is 1.47. The zero-order chi connectivity index (χ0) is 17.7. The number of hydrogen-bond acceptors (Lipinski definition) is 3. The fourth-order valence-corrected chi connectivity index (χ4v) is 4.31. The molecule has 1 N–H and O–H groups in total. The summed E-state index contributed by atoms with van der Waals surface area (Å²) in [4.78, 5) is 38.6. The zero-order valence-corrected chi connectivity index (χ0v) is 13.9. The summed E-state index contributed by atoms with van der Waals surface area (Å²) < 4.78 is 13.6. The van der Waals surface area contributed by atoms with Crippen molar-refractivity contribution in [3.8, 4) is 0 Å². The number of anilines is 1. The van der Waals surface area contributed by atoms with Gasteiger partial charge in [0.05, 0.1) is 11.8 Å². The van der Waals surface area contributed by atoms with Crippen molar-refractivity contribution in [2.24, 2.45) is 23.7 Å². The number of allylic oxidation sites excluding steroid dienone is 2. The molecule has 0 unspecified atom stereocenters. The normalized spacial score (nSPS) is 29.9. The first kappa shape index (κ1) is 16.0. The maximum atomic E-state index is 13.6. The van der Waals surface area contributed by atoms with Gasteiger partial charge in [-0.25, -0.2) is 4.39 Å². The van der Waals surface area contributed by atoms with Gasteiger partial charge in [-0.15, -0.1) is 0 Å². The summed E-state index contributed by atoms with van der Waals surface area (Å²) in [5.41, 5.74) is 0.793. The fraction of sp³-hybridized carbons (Fsp3) is 0.421. The SMILES string of the molecule is Cc1ccc(NC(=O)CN2C(=O)[C@H]3[C@H](C2=O)[C@H]2C=C[C@H]3CC2)cc1F. The predicted molar refractivity (Wildman–Crippen MR) is 88.8 cm³/mol. The minimum atomic E-state index is -0.496. The number of aryl methyl sites for hydroxylation is 1. The lowest BCUT2D eigenvalue weighted by molar-refractivity contribution is -0.142. The van der Waals surface area contributed by atoms with Crippen molar-refractivity contribution < 1.29 is 18.8 Å². The Morgan fingerprint density at radius 2 is 1.76 bits per heavy atom. The molecular formula is C19H19FN2O3. The van der Waals surface area contributed by atoms with Crippen LogP contribution < -0.4 is 5.32 Å². The molecule has 1 aliphatic heterocycles. The molecule has 1 saturated heterocycles. The number of carbonyl (C=O) groups excluding carboxylic acids is 3. The van der Waals surface area contributed by atoms with Gasteiger partial charge in [-0.3, -0.25) is 19.3 Å². The Kier molecular flexibility index (Phi) is 3.71. The topological polar surface area (TPSA) is 66.5 Å². The molecule has 4 atom stereocenters. The molecule has 6 heteroatoms. The number of rotatable bonds is 3. The van der Waals surface area contributed by atoms with E-state index in [4.69, 9.17) is 0 Å². The Labute approximate surface area is 144 Å². The van der Waals surface area contributed by atoms with Crippen LogP contribution in [0.3, 0.4) is 0 Å². The van der Waals surface area contributed by atoms with E-state index >= 15 is 0 Å². The summed E-state index contributed by atoms with van der Waals surface area (Å²) in [5, 5.41) is 2.56. The smallest absolute Gasteiger partial charge is 0.244 e. The van der Waals surface area contributed by atoms with Crippen LogP contribution >= 0.6 is 0 Å². The van der Waals surface area contributed by atoms with E-state index in [-0.39, 0.29) is 42.0 Å². The number of benzene rings is 1. The average molecular weight is 342 g/mol. The minimum absolute atomic E-state index is 0.103. The molecule has 3 aliphatic carbocycles. The van der Waals surface area contributed by atoms with E-state index in [2.05, 4.69) is 5.32 Å². The number of nitrogens with zero attached hydrogens (tertiary/aromatic N) is 1. The van der Waals surface area contributed by atoms with E-state index < -0.39 is 11.7 Å². The number of carbonyl (C=O) groups is 3. The van der Waals surface area contributed by atoms with Gasteiger partial charge >= 0.3 is 0 Å². The summed E-state index contributed by atoms with van der Waals surface area (Å²) >= 11 is 0. The van der Waals surface area contributed by atoms with Gasteiger partial charge in [-0.2, -0.15) is 0 Å². The highest BCUT2D eigenvalue weighted by molar-refractivity contribution is 6.09. The Morgan fingerprint density at radius 3 is 2.28 bits per heavy atom. The van der Waals surface area contributed by atoms with Crippen LogP contribution in [0.2, 0.25) is 0 Å². The second kappa shape index (κ2) is 5.79. The van der Waals surface area contributed by atoms with Crippen LogP contribution in [0.25, 0.3) is 0 Å². The first-order chi connectivity index (χ1) is 12.0. The van der Waals surface area contributed by atoms with Crippen LogP contribution in [0.15, 0.2) is 30.4 Å². The molecule has 1 saturated carbocycles. The van der Waals surface area contributed by atoms with Gasteiger partial charge in [-0.05, 0) is 49.3 Å². The van der Waals surface area contributed by atoms with Gasteiger partial charge in [0.1, 0.15) is 12.4 Å². The van der Waals surface area contributed by atoms with E-state index in [1.54, 1.807) is 19.1 Å². The largest absolute Gasteiger partial charge is 0.324 e. The number of likely N-dealkylation sites (tertiary alicyclic amines) is 1. The van der Waals surface area contributed by atoms with E-state index in [0.29, 0.717) is 11.3 Å². The van der Waals surface area contributed by atoms with Gasteiger partial charge in [0.15, 0.2) is 0 Å². The summed E-state index contributed by atoms with van der Waals surface area (Å²) in [7, 11) is 0. The lowest BCUT2D eigenvalue weighted by Gasteiger charge is -2.38. The van der Waals surface area contributed by atoms with Crippen molar-refractivity contribution in [2.45, 2.75) is 19.8 Å². The number of hydrogen-bond donors (Lipinski definition) is 1. The molecule has 0 aromatic heterocycles. The summed E-state index contributed by atoms with van der Waals surface area (Å²) in [6.45, 7) is 1.31. The van der Waals surface area contributed by atoms with Crippen molar-refractivity contribution in [3.05, 3.63) is 41.7 Å². The van der Waals surface area contributed by atoms with Crippen molar-refractivity contribution in [1.82, 2.24) is 4.90 Å². The van der Waals surface area contributed by atoms with Crippen LogP contribution in [0.1, 0.15) is 18.4 Å². The highest BCUT2D eigenvalue weighted by Gasteiger charge is 2.56. The molecule has 5 rings (SSSR count). The maximum absolute atomic E-state index is 13.6. The van der Waals surface area contributed by atoms with Gasteiger partial charge < -0.3 is 5.32 Å². The van der Waals surface area contributed by atoms with Crippen LogP contribution in [-0.4, -0.2) is 29.2 Å². The molecule has 1 heterocycles. The van der Waals surface area contributed by atoms with E-state index in [9.17, 15) is 18.8 Å². The third-order valence-corrected chi connectivity index (χ3v) is 5.61. The van der Waals surface area contributed by atoms with Gasteiger partial charge in [0.2, 0.25) is 17.7 Å². The van der Waals surface area contributed by atoms with Crippen LogP contribution in [0.5, 0.6) is 0 Å². The summed E-state index contributed by atoms with van der Waals surface area (Å²) in [6.07, 6.45) is 5.92. The zero-order valence-electron chi connectivity index (χ0n) is 13.9. The molecule has 0 radical (unpaired) electrons. The highest BCUT2D eigenvalue weighted by atomic mass is 19.1. The first-order valence-electron chi connectivity index (χ1n) is 8.55. The second-order valence-corrected chi connectivity index (χ2v) is 7.12. The third-order valence-electron chi connectivity index (χ3n) is 5.61. The minimum Gasteiger partial charge on any atom is -0.324 e. The molecule has 0 spiro atoms. The number of nitrogens with one attached hydrogen (secondary N) is 1. The summed E-state index contributed by atoms with van der Waals surface area (Å²) in [6, 6.07) is 4.38. The number of imide groups is 1. The fourth-order valence-electron chi connectivity index (χ4n) is 4.31. The maximum Gasteiger partial charge on any atom is 0.244 e. The predicted octanol–water partition coefficient (Wildman–Crippen LogP) is 2.27. The first-order valence-corrected chi connectivity index (χ1v) is 8.55. The average Bonchev–Trinajstić information content (AvgIpc) is 2.86. The number of fused-ring (bicyclic) bond motifs is 1. The van der Waals surface area contributed by atoms with Gasteiger partial charge in [0, 0.05) is 5.69 Å². The van der Waals surface area contributed by atoms with Crippen molar-refractivity contribution >= 4 is 23.4 Å². The quantitative estimate of drug-likeness (QED) is 0.677. The third kappa shape index (κ3) is 2.56. The molecule has 3 amide bonds. The van der Waals surface area contributed by atoms with Crippen molar-refractivity contribution in [1.29, 1.82) is 0 Å². The van der Waals surface area contributed by atoms with Gasteiger partial charge in [-0.1, -0.05) is 18.2 Å². The molecule has 2 fully saturated rings.